The van der Waals surface area contributed by atoms with Crippen LogP contribution in [-0.4, -0.2) is 54.8 Å². The van der Waals surface area contributed by atoms with Gasteiger partial charge in [-0.2, -0.15) is 0 Å². The van der Waals surface area contributed by atoms with Crippen molar-refractivity contribution in [2.75, 3.05) is 33.7 Å². The lowest BCUT2D eigenvalue weighted by Gasteiger charge is -2.32. The van der Waals surface area contributed by atoms with Gasteiger partial charge in [-0.3, -0.25) is 4.79 Å². The average molecular weight is 233 g/mol. The number of nitrogens with zero attached hydrogens (tertiary/aromatic N) is 2. The van der Waals surface area contributed by atoms with Crippen molar-refractivity contribution in [1.82, 2.24) is 9.80 Å². The number of carbonyl (C=O) groups is 1. The number of carbonyl (C=O) groups excluding carboxylic acids is 1. The zero-order chi connectivity index (χ0) is 11.6. The highest BCUT2D eigenvalue weighted by atomic mass is 35.5. The predicted molar refractivity (Wildman–Crippen MR) is 63.2 cm³/mol. The lowest BCUT2D eigenvalue weighted by molar-refractivity contribution is -0.129. The van der Waals surface area contributed by atoms with Gasteiger partial charge >= 0.3 is 0 Å². The van der Waals surface area contributed by atoms with E-state index in [0.717, 1.165) is 13.1 Å². The lowest BCUT2D eigenvalue weighted by atomic mass is 9.92. The highest BCUT2D eigenvalue weighted by Gasteiger charge is 2.32. The maximum atomic E-state index is 11.6. The first-order valence-corrected chi connectivity index (χ1v) is 5.80. The Morgan fingerprint density at radius 2 is 2.13 bits per heavy atom. The van der Waals surface area contributed by atoms with Gasteiger partial charge < -0.3 is 9.80 Å². The van der Waals surface area contributed by atoms with Crippen molar-refractivity contribution in [3.05, 3.63) is 0 Å². The van der Waals surface area contributed by atoms with E-state index < -0.39 is 0 Å². The summed E-state index contributed by atoms with van der Waals surface area (Å²) in [6.45, 7) is 6.85. The maximum Gasteiger partial charge on any atom is 0.224 e. The van der Waals surface area contributed by atoms with Crippen molar-refractivity contribution < 1.29 is 4.79 Å². The summed E-state index contributed by atoms with van der Waals surface area (Å²) >= 11 is 5.96. The van der Waals surface area contributed by atoms with Crippen LogP contribution in [0.5, 0.6) is 0 Å². The minimum Gasteiger partial charge on any atom is -0.341 e. The molecule has 1 aliphatic heterocycles. The Morgan fingerprint density at radius 3 is 2.53 bits per heavy atom. The van der Waals surface area contributed by atoms with Crippen LogP contribution in [0.25, 0.3) is 0 Å². The molecule has 0 radical (unpaired) electrons. The molecule has 0 aromatic carbocycles. The molecule has 0 aromatic rings. The molecule has 0 N–H and O–H groups in total. The van der Waals surface area contributed by atoms with Crippen LogP contribution in [0.3, 0.4) is 0 Å². The third-order valence-electron chi connectivity index (χ3n) is 2.53. The third-order valence-corrected chi connectivity index (χ3v) is 2.82. The van der Waals surface area contributed by atoms with Crippen LogP contribution in [0.15, 0.2) is 0 Å². The minimum atomic E-state index is 0.00709. The van der Waals surface area contributed by atoms with Crippen molar-refractivity contribution in [3.63, 3.8) is 0 Å². The summed E-state index contributed by atoms with van der Waals surface area (Å²) in [6, 6.07) is 0. The Hall–Kier alpha value is -0.280. The Kier molecular flexibility index (Phi) is 4.01. The number of amides is 1. The minimum absolute atomic E-state index is 0.00709. The van der Waals surface area contributed by atoms with E-state index in [9.17, 15) is 4.79 Å². The molecular weight excluding hydrogens is 212 g/mol. The standard InChI is InChI=1S/C11H21ClN2O/c1-11(2,7-13(3)4)8-14-6-9(12)5-10(14)15/h9H,5-8H2,1-4H3. The summed E-state index contributed by atoms with van der Waals surface area (Å²) in [5.74, 6) is 0.196. The van der Waals surface area contributed by atoms with Crippen LogP contribution in [0.2, 0.25) is 0 Å². The molecule has 15 heavy (non-hydrogen) atoms. The molecule has 1 unspecified atom stereocenters. The largest absolute Gasteiger partial charge is 0.341 e. The molecule has 4 heteroatoms. The van der Waals surface area contributed by atoms with Crippen molar-refractivity contribution >= 4 is 17.5 Å². The zero-order valence-corrected chi connectivity index (χ0v) is 10.8. The summed E-state index contributed by atoms with van der Waals surface area (Å²) in [7, 11) is 4.11. The fraction of sp³-hybridized carbons (Fsp3) is 0.909. The monoisotopic (exact) mass is 232 g/mol. The SMILES string of the molecule is CN(C)CC(C)(C)CN1CC(Cl)CC1=O. The number of likely N-dealkylation sites (tertiary alicyclic amines) is 1. The molecule has 0 aromatic heterocycles. The smallest absolute Gasteiger partial charge is 0.224 e. The van der Waals surface area contributed by atoms with E-state index in [4.69, 9.17) is 11.6 Å². The molecule has 0 aliphatic carbocycles. The molecule has 1 saturated heterocycles. The van der Waals surface area contributed by atoms with E-state index in [-0.39, 0.29) is 16.7 Å². The molecule has 0 bridgehead atoms. The van der Waals surface area contributed by atoms with Crippen LogP contribution in [0.1, 0.15) is 20.3 Å². The van der Waals surface area contributed by atoms with Crippen LogP contribution in [0.4, 0.5) is 0 Å². The molecule has 88 valence electrons. The normalized spacial score (nSPS) is 22.9. The first-order chi connectivity index (χ1) is 6.80. The van der Waals surface area contributed by atoms with Gasteiger partial charge in [-0.15, -0.1) is 11.6 Å². The van der Waals surface area contributed by atoms with Gasteiger partial charge in [0.2, 0.25) is 5.91 Å². The highest BCUT2D eigenvalue weighted by Crippen LogP contribution is 2.23. The summed E-state index contributed by atoms with van der Waals surface area (Å²) in [4.78, 5) is 15.6. The van der Waals surface area contributed by atoms with Crippen molar-refractivity contribution in [2.24, 2.45) is 5.41 Å². The second kappa shape index (κ2) is 4.71. The Morgan fingerprint density at radius 1 is 1.53 bits per heavy atom. The van der Waals surface area contributed by atoms with Crippen LogP contribution in [-0.2, 0) is 4.79 Å². The van der Waals surface area contributed by atoms with E-state index in [2.05, 4.69) is 32.8 Å². The number of hydrogen-bond donors (Lipinski definition) is 0. The highest BCUT2D eigenvalue weighted by molar-refractivity contribution is 6.22. The van der Waals surface area contributed by atoms with Crippen molar-refractivity contribution in [3.8, 4) is 0 Å². The van der Waals surface area contributed by atoms with Gasteiger partial charge in [0.15, 0.2) is 0 Å². The predicted octanol–water partition coefficient (Wildman–Crippen LogP) is 1.41. The molecule has 1 heterocycles. The quantitative estimate of drug-likeness (QED) is 0.685. The maximum absolute atomic E-state index is 11.6. The van der Waals surface area contributed by atoms with E-state index in [0.29, 0.717) is 13.0 Å². The molecule has 3 nitrogen and oxygen atoms in total. The van der Waals surface area contributed by atoms with Gasteiger partial charge in [0.1, 0.15) is 0 Å². The topological polar surface area (TPSA) is 23.6 Å². The van der Waals surface area contributed by atoms with E-state index in [1.807, 2.05) is 4.90 Å². The van der Waals surface area contributed by atoms with E-state index in [1.165, 1.54) is 0 Å². The molecule has 1 aliphatic rings. The molecule has 0 spiro atoms. The summed E-state index contributed by atoms with van der Waals surface area (Å²) in [6.07, 6.45) is 0.500. The fourth-order valence-corrected chi connectivity index (χ4v) is 2.60. The molecule has 1 fully saturated rings. The van der Waals surface area contributed by atoms with Gasteiger partial charge in [-0.1, -0.05) is 13.8 Å². The van der Waals surface area contributed by atoms with Crippen molar-refractivity contribution in [2.45, 2.75) is 25.6 Å². The van der Waals surface area contributed by atoms with Crippen LogP contribution in [0, 0.1) is 5.41 Å². The summed E-state index contributed by atoms with van der Waals surface area (Å²) in [5.41, 5.74) is 0.125. The van der Waals surface area contributed by atoms with Gasteiger partial charge in [-0.05, 0) is 19.5 Å². The van der Waals surface area contributed by atoms with Gasteiger partial charge in [0, 0.05) is 26.1 Å². The second-order valence-electron chi connectivity index (χ2n) is 5.48. The first-order valence-electron chi connectivity index (χ1n) is 5.37. The number of halogens is 1. The van der Waals surface area contributed by atoms with E-state index >= 15 is 0 Å². The molecule has 1 rings (SSSR count). The van der Waals surface area contributed by atoms with Gasteiger partial charge in [-0.25, -0.2) is 0 Å². The van der Waals surface area contributed by atoms with Crippen LogP contribution >= 0.6 is 11.6 Å². The fourth-order valence-electron chi connectivity index (χ4n) is 2.30. The number of hydrogen-bond acceptors (Lipinski definition) is 2. The van der Waals surface area contributed by atoms with E-state index in [1.54, 1.807) is 0 Å². The molecule has 0 saturated carbocycles. The Labute approximate surface area is 97.4 Å². The molecule has 1 amide bonds. The number of rotatable bonds is 4. The first kappa shape index (κ1) is 12.8. The molecule has 1 atom stereocenters. The van der Waals surface area contributed by atoms with Gasteiger partial charge in [0.05, 0.1) is 5.38 Å². The van der Waals surface area contributed by atoms with Gasteiger partial charge in [0.25, 0.3) is 0 Å². The molecular formula is C11H21ClN2O. The average Bonchev–Trinajstić information content (AvgIpc) is 2.25. The Balaban J connectivity index is 2.50. The summed E-state index contributed by atoms with van der Waals surface area (Å²) in [5, 5.41) is 0.00709. The number of alkyl halides is 1. The summed E-state index contributed by atoms with van der Waals surface area (Å²) < 4.78 is 0. The Bertz CT molecular complexity index is 241. The van der Waals surface area contributed by atoms with Crippen molar-refractivity contribution in [1.29, 1.82) is 0 Å². The second-order valence-corrected chi connectivity index (χ2v) is 6.09. The van der Waals surface area contributed by atoms with Crippen LogP contribution < -0.4 is 0 Å². The zero-order valence-electron chi connectivity index (χ0n) is 10.1. The third kappa shape index (κ3) is 3.99. The lowest BCUT2D eigenvalue weighted by Crippen LogP contribution is -2.40.